The molecule has 1 saturated heterocycles. The maximum atomic E-state index is 12.8. The van der Waals surface area contributed by atoms with Gasteiger partial charge in [0.05, 0.1) is 12.3 Å². The molecule has 1 aliphatic heterocycles. The van der Waals surface area contributed by atoms with Crippen molar-refractivity contribution in [3.8, 4) is 11.5 Å². The molecule has 3 aromatic rings. The van der Waals surface area contributed by atoms with Crippen LogP contribution in [0.2, 0.25) is 0 Å². The fourth-order valence-electron chi connectivity index (χ4n) is 3.47. The number of nitrogens with zero attached hydrogens (tertiary/aromatic N) is 4. The molecule has 3 aromatic heterocycles. The van der Waals surface area contributed by atoms with Crippen LogP contribution in [0.15, 0.2) is 41.3 Å². The second kappa shape index (κ2) is 6.58. The number of aromatic nitrogens is 4. The van der Waals surface area contributed by atoms with Gasteiger partial charge in [-0.05, 0) is 25.0 Å². The van der Waals surface area contributed by atoms with E-state index in [1.807, 2.05) is 29.4 Å². The van der Waals surface area contributed by atoms with Gasteiger partial charge in [0.2, 0.25) is 0 Å². The van der Waals surface area contributed by atoms with Crippen LogP contribution in [-0.4, -0.2) is 43.6 Å². The average Bonchev–Trinajstić information content (AvgIpc) is 3.41. The van der Waals surface area contributed by atoms with E-state index >= 15 is 0 Å². The Kier molecular flexibility index (Phi) is 4.13. The number of rotatable bonds is 4. The topological polar surface area (TPSA) is 80.0 Å². The molecular weight excluding hydrogens is 318 g/mol. The molecule has 1 fully saturated rings. The van der Waals surface area contributed by atoms with Gasteiger partial charge in [-0.1, -0.05) is 6.92 Å². The molecule has 7 heteroatoms. The third-order valence-corrected chi connectivity index (χ3v) is 4.73. The summed E-state index contributed by atoms with van der Waals surface area (Å²) in [4.78, 5) is 19.1. The number of furan rings is 1. The van der Waals surface area contributed by atoms with Crippen molar-refractivity contribution in [3.05, 3.63) is 48.4 Å². The minimum Gasteiger partial charge on any atom is -0.463 e. The fraction of sp³-hybridized carbons (Fsp3) is 0.389. The summed E-state index contributed by atoms with van der Waals surface area (Å²) in [6.45, 7) is 3.55. The van der Waals surface area contributed by atoms with E-state index in [4.69, 9.17) is 4.42 Å². The Balaban J connectivity index is 1.50. The van der Waals surface area contributed by atoms with Crippen molar-refractivity contribution in [2.75, 3.05) is 13.1 Å². The van der Waals surface area contributed by atoms with Crippen LogP contribution in [0.25, 0.3) is 11.5 Å². The largest absolute Gasteiger partial charge is 0.463 e. The number of hydrogen-bond acceptors (Lipinski definition) is 4. The highest BCUT2D eigenvalue weighted by Crippen LogP contribution is 2.25. The highest BCUT2D eigenvalue weighted by Gasteiger charge is 2.27. The van der Waals surface area contributed by atoms with Crippen LogP contribution in [0, 0.1) is 0 Å². The van der Waals surface area contributed by atoms with Crippen LogP contribution in [0.4, 0.5) is 0 Å². The normalized spacial score (nSPS) is 17.8. The second-order valence-corrected chi connectivity index (χ2v) is 6.30. The number of imidazole rings is 1. The molecule has 0 bridgehead atoms. The van der Waals surface area contributed by atoms with Gasteiger partial charge in [-0.2, -0.15) is 5.10 Å². The van der Waals surface area contributed by atoms with Gasteiger partial charge >= 0.3 is 0 Å². The molecule has 0 aliphatic carbocycles. The fourth-order valence-corrected chi connectivity index (χ4v) is 3.47. The lowest BCUT2D eigenvalue weighted by Gasteiger charge is -2.33. The first kappa shape index (κ1) is 15.7. The average molecular weight is 339 g/mol. The number of H-pyrrole nitrogens is 1. The SMILES string of the molecule is CCc1nccn1[C@@H]1CCCN(C(=O)c2cc(-c3ccco3)[nH]n2)C1. The van der Waals surface area contributed by atoms with E-state index in [2.05, 4.69) is 26.7 Å². The van der Waals surface area contributed by atoms with E-state index in [1.54, 1.807) is 12.3 Å². The Morgan fingerprint density at radius 3 is 3.20 bits per heavy atom. The molecule has 0 radical (unpaired) electrons. The smallest absolute Gasteiger partial charge is 0.274 e. The molecule has 4 rings (SSSR count). The number of hydrogen-bond donors (Lipinski definition) is 1. The van der Waals surface area contributed by atoms with Gasteiger partial charge in [0.25, 0.3) is 5.91 Å². The predicted octanol–water partition coefficient (Wildman–Crippen LogP) is 2.91. The summed E-state index contributed by atoms with van der Waals surface area (Å²) in [5, 5.41) is 7.05. The zero-order valence-corrected chi connectivity index (χ0v) is 14.2. The third-order valence-electron chi connectivity index (χ3n) is 4.73. The number of likely N-dealkylation sites (tertiary alicyclic amines) is 1. The first-order valence-electron chi connectivity index (χ1n) is 8.66. The summed E-state index contributed by atoms with van der Waals surface area (Å²) >= 11 is 0. The number of carbonyl (C=O) groups is 1. The van der Waals surface area contributed by atoms with Gasteiger partial charge in [0.15, 0.2) is 11.5 Å². The summed E-state index contributed by atoms with van der Waals surface area (Å²) < 4.78 is 7.55. The number of amides is 1. The molecule has 1 aliphatic rings. The quantitative estimate of drug-likeness (QED) is 0.792. The first-order valence-corrected chi connectivity index (χ1v) is 8.66. The molecule has 0 aromatic carbocycles. The maximum Gasteiger partial charge on any atom is 0.274 e. The Labute approximate surface area is 145 Å². The Morgan fingerprint density at radius 1 is 1.48 bits per heavy atom. The summed E-state index contributed by atoms with van der Waals surface area (Å²) in [5.74, 6) is 1.70. The summed E-state index contributed by atoms with van der Waals surface area (Å²) in [7, 11) is 0. The van der Waals surface area contributed by atoms with E-state index in [1.165, 1.54) is 0 Å². The Morgan fingerprint density at radius 2 is 2.40 bits per heavy atom. The molecule has 0 spiro atoms. The highest BCUT2D eigenvalue weighted by atomic mass is 16.3. The molecule has 7 nitrogen and oxygen atoms in total. The van der Waals surface area contributed by atoms with E-state index in [0.29, 0.717) is 23.7 Å². The van der Waals surface area contributed by atoms with Gasteiger partial charge in [-0.3, -0.25) is 9.89 Å². The van der Waals surface area contributed by atoms with Crippen LogP contribution in [0.1, 0.15) is 42.1 Å². The Bertz CT molecular complexity index is 849. The zero-order valence-electron chi connectivity index (χ0n) is 14.2. The number of carbonyl (C=O) groups excluding carboxylic acids is 1. The first-order chi connectivity index (χ1) is 12.3. The minimum atomic E-state index is -0.0445. The van der Waals surface area contributed by atoms with Crippen molar-refractivity contribution in [1.29, 1.82) is 0 Å². The van der Waals surface area contributed by atoms with E-state index in [9.17, 15) is 4.79 Å². The molecule has 0 saturated carbocycles. The molecular formula is C18H21N5O2. The summed E-state index contributed by atoms with van der Waals surface area (Å²) in [5.41, 5.74) is 1.14. The van der Waals surface area contributed by atoms with Crippen LogP contribution in [0.3, 0.4) is 0 Å². The van der Waals surface area contributed by atoms with Crippen LogP contribution >= 0.6 is 0 Å². The van der Waals surface area contributed by atoms with Crippen molar-refractivity contribution in [2.45, 2.75) is 32.2 Å². The van der Waals surface area contributed by atoms with Crippen molar-refractivity contribution in [3.63, 3.8) is 0 Å². The molecule has 0 unspecified atom stereocenters. The lowest BCUT2D eigenvalue weighted by Crippen LogP contribution is -2.41. The molecule has 1 amide bonds. The lowest BCUT2D eigenvalue weighted by molar-refractivity contribution is 0.0672. The summed E-state index contributed by atoms with van der Waals surface area (Å²) in [6.07, 6.45) is 8.38. The molecule has 1 atom stereocenters. The van der Waals surface area contributed by atoms with Gasteiger partial charge < -0.3 is 13.9 Å². The number of aryl methyl sites for hydroxylation is 1. The van der Waals surface area contributed by atoms with Crippen LogP contribution < -0.4 is 0 Å². The van der Waals surface area contributed by atoms with Crippen molar-refractivity contribution in [1.82, 2.24) is 24.6 Å². The lowest BCUT2D eigenvalue weighted by atomic mass is 10.0. The zero-order chi connectivity index (χ0) is 17.2. The number of aromatic amines is 1. The van der Waals surface area contributed by atoms with Crippen LogP contribution in [0.5, 0.6) is 0 Å². The predicted molar refractivity (Wildman–Crippen MR) is 92.1 cm³/mol. The van der Waals surface area contributed by atoms with E-state index in [0.717, 1.165) is 31.6 Å². The van der Waals surface area contributed by atoms with Gasteiger partial charge in [-0.25, -0.2) is 4.98 Å². The van der Waals surface area contributed by atoms with Crippen molar-refractivity contribution < 1.29 is 9.21 Å². The van der Waals surface area contributed by atoms with Crippen molar-refractivity contribution >= 4 is 5.91 Å². The maximum absolute atomic E-state index is 12.8. The van der Waals surface area contributed by atoms with Crippen molar-refractivity contribution in [2.24, 2.45) is 0 Å². The number of piperidine rings is 1. The van der Waals surface area contributed by atoms with Gasteiger partial charge in [-0.15, -0.1) is 0 Å². The minimum absolute atomic E-state index is 0.0445. The summed E-state index contributed by atoms with van der Waals surface area (Å²) in [6, 6.07) is 5.67. The molecule has 4 heterocycles. The third kappa shape index (κ3) is 2.97. The monoisotopic (exact) mass is 339 g/mol. The second-order valence-electron chi connectivity index (χ2n) is 6.30. The molecule has 25 heavy (non-hydrogen) atoms. The standard InChI is InChI=1S/C18H21N5O2/c1-2-17-19-7-9-23(17)13-5-3-8-22(12-13)18(24)15-11-14(20-21-15)16-6-4-10-25-16/h4,6-7,9-11,13H,2-3,5,8,12H2,1H3,(H,20,21)/t13-/m1/s1. The van der Waals surface area contributed by atoms with Gasteiger partial charge in [0.1, 0.15) is 11.5 Å². The van der Waals surface area contributed by atoms with Gasteiger partial charge in [0, 0.05) is 38.0 Å². The molecule has 130 valence electrons. The van der Waals surface area contributed by atoms with E-state index in [-0.39, 0.29) is 11.9 Å². The van der Waals surface area contributed by atoms with E-state index < -0.39 is 0 Å². The number of nitrogens with one attached hydrogen (secondary N) is 1. The highest BCUT2D eigenvalue weighted by molar-refractivity contribution is 5.93. The molecule has 1 N–H and O–H groups in total. The van der Waals surface area contributed by atoms with Crippen LogP contribution in [-0.2, 0) is 6.42 Å². The Hall–Kier alpha value is -2.83.